The van der Waals surface area contributed by atoms with Crippen molar-refractivity contribution < 1.29 is 4.74 Å². The summed E-state index contributed by atoms with van der Waals surface area (Å²) in [6.07, 6.45) is 1.05. The molecular weight excluding hydrogens is 350 g/mol. The van der Waals surface area contributed by atoms with E-state index in [1.54, 1.807) is 0 Å². The van der Waals surface area contributed by atoms with Gasteiger partial charge in [-0.1, -0.05) is 61.0 Å². The molecule has 23 heavy (non-hydrogen) atoms. The Morgan fingerprint density at radius 2 is 1.83 bits per heavy atom. The second kappa shape index (κ2) is 6.66. The maximum absolute atomic E-state index is 5.93. The lowest BCUT2D eigenvalue weighted by molar-refractivity contribution is 0.0964. The van der Waals surface area contributed by atoms with E-state index in [0.29, 0.717) is 6.73 Å². The molecule has 1 aliphatic rings. The maximum atomic E-state index is 5.93. The highest BCUT2D eigenvalue weighted by molar-refractivity contribution is 9.10. The predicted octanol–water partition coefficient (Wildman–Crippen LogP) is 5.14. The molecule has 0 saturated heterocycles. The van der Waals surface area contributed by atoms with Crippen LogP contribution in [0.3, 0.4) is 0 Å². The second-order valence-electron chi connectivity index (χ2n) is 7.27. The van der Waals surface area contributed by atoms with Gasteiger partial charge in [0.1, 0.15) is 12.5 Å². The van der Waals surface area contributed by atoms with Gasteiger partial charge in [-0.2, -0.15) is 0 Å². The van der Waals surface area contributed by atoms with Gasteiger partial charge in [-0.05, 0) is 41.2 Å². The number of halogens is 1. The van der Waals surface area contributed by atoms with E-state index in [2.05, 4.69) is 84.1 Å². The van der Waals surface area contributed by atoms with E-state index in [4.69, 9.17) is 4.74 Å². The summed E-state index contributed by atoms with van der Waals surface area (Å²) in [6, 6.07) is 15.2. The molecule has 0 fully saturated rings. The van der Waals surface area contributed by atoms with Crippen molar-refractivity contribution in [1.29, 1.82) is 0 Å². The van der Waals surface area contributed by atoms with E-state index < -0.39 is 0 Å². The lowest BCUT2D eigenvalue weighted by Gasteiger charge is -2.30. The van der Waals surface area contributed by atoms with E-state index in [1.165, 1.54) is 16.7 Å². The van der Waals surface area contributed by atoms with E-state index >= 15 is 0 Å². The van der Waals surface area contributed by atoms with Crippen molar-refractivity contribution in [3.8, 4) is 5.75 Å². The number of hydrogen-bond acceptors (Lipinski definition) is 2. The van der Waals surface area contributed by atoms with E-state index in [-0.39, 0.29) is 5.41 Å². The summed E-state index contributed by atoms with van der Waals surface area (Å²) in [7, 11) is 0. The van der Waals surface area contributed by atoms with Crippen LogP contribution in [-0.4, -0.2) is 18.2 Å². The molecular formula is C20H24BrNO. The van der Waals surface area contributed by atoms with Crippen LogP contribution in [0.4, 0.5) is 0 Å². The van der Waals surface area contributed by atoms with Gasteiger partial charge in [-0.25, -0.2) is 0 Å². The highest BCUT2D eigenvalue weighted by Crippen LogP contribution is 2.31. The summed E-state index contributed by atoms with van der Waals surface area (Å²) in [5, 5.41) is 0. The van der Waals surface area contributed by atoms with Crippen LogP contribution in [0, 0.1) is 0 Å². The number of fused-ring (bicyclic) bond motifs is 1. The average Bonchev–Trinajstić information content (AvgIpc) is 2.53. The monoisotopic (exact) mass is 373 g/mol. The van der Waals surface area contributed by atoms with Gasteiger partial charge in [0.2, 0.25) is 0 Å². The van der Waals surface area contributed by atoms with Crippen LogP contribution in [-0.2, 0) is 18.4 Å². The topological polar surface area (TPSA) is 12.5 Å². The minimum Gasteiger partial charge on any atom is -0.478 e. The van der Waals surface area contributed by atoms with Gasteiger partial charge >= 0.3 is 0 Å². The van der Waals surface area contributed by atoms with Crippen molar-refractivity contribution in [3.05, 3.63) is 63.6 Å². The molecule has 0 aliphatic carbocycles. The predicted molar refractivity (Wildman–Crippen MR) is 98.9 cm³/mol. The van der Waals surface area contributed by atoms with Crippen LogP contribution >= 0.6 is 15.9 Å². The van der Waals surface area contributed by atoms with Gasteiger partial charge < -0.3 is 4.74 Å². The summed E-state index contributed by atoms with van der Waals surface area (Å²) >= 11 is 3.48. The highest BCUT2D eigenvalue weighted by atomic mass is 79.9. The van der Waals surface area contributed by atoms with Gasteiger partial charge in [-0.15, -0.1) is 0 Å². The van der Waals surface area contributed by atoms with Crippen molar-refractivity contribution in [2.24, 2.45) is 0 Å². The molecule has 0 saturated carbocycles. The second-order valence-corrected chi connectivity index (χ2v) is 8.19. The standard InChI is InChI=1S/C20H24BrNO/c1-20(2,3)17-6-9-19-16(12-17)13-22(14-23-19)11-10-15-4-7-18(21)8-5-15/h4-9,12H,10-11,13-14H2,1-3H3. The van der Waals surface area contributed by atoms with Crippen molar-refractivity contribution in [2.75, 3.05) is 13.3 Å². The first-order valence-corrected chi connectivity index (χ1v) is 8.94. The average molecular weight is 374 g/mol. The van der Waals surface area contributed by atoms with Gasteiger partial charge in [0.05, 0.1) is 0 Å². The van der Waals surface area contributed by atoms with E-state index in [1.807, 2.05) is 0 Å². The van der Waals surface area contributed by atoms with Crippen molar-refractivity contribution in [1.82, 2.24) is 4.90 Å². The Morgan fingerprint density at radius 1 is 1.09 bits per heavy atom. The Bertz CT molecular complexity index is 673. The zero-order valence-corrected chi connectivity index (χ0v) is 15.7. The Balaban J connectivity index is 1.66. The maximum Gasteiger partial charge on any atom is 0.142 e. The number of rotatable bonds is 3. The van der Waals surface area contributed by atoms with Crippen LogP contribution in [0.5, 0.6) is 5.75 Å². The summed E-state index contributed by atoms with van der Waals surface area (Å²) in [6.45, 7) is 9.42. The van der Waals surface area contributed by atoms with Gasteiger partial charge in [0.15, 0.2) is 0 Å². The van der Waals surface area contributed by atoms with Gasteiger partial charge in [0.25, 0.3) is 0 Å². The first-order chi connectivity index (χ1) is 10.9. The number of nitrogens with zero attached hydrogens (tertiary/aromatic N) is 1. The van der Waals surface area contributed by atoms with Crippen LogP contribution in [0.15, 0.2) is 46.9 Å². The summed E-state index contributed by atoms with van der Waals surface area (Å²) in [5.74, 6) is 1.04. The van der Waals surface area contributed by atoms with E-state index in [0.717, 1.165) is 29.7 Å². The Morgan fingerprint density at radius 3 is 2.52 bits per heavy atom. The van der Waals surface area contributed by atoms with Gasteiger partial charge in [-0.3, -0.25) is 4.90 Å². The fraction of sp³-hybridized carbons (Fsp3) is 0.400. The lowest BCUT2D eigenvalue weighted by Crippen LogP contribution is -2.33. The molecule has 2 aromatic rings. The van der Waals surface area contributed by atoms with Crippen LogP contribution in [0.25, 0.3) is 0 Å². The third kappa shape index (κ3) is 4.15. The molecule has 0 aromatic heterocycles. The van der Waals surface area contributed by atoms with Crippen LogP contribution < -0.4 is 4.74 Å². The molecule has 3 heteroatoms. The third-order valence-electron chi connectivity index (χ3n) is 4.35. The molecule has 3 rings (SSSR count). The minimum atomic E-state index is 0.175. The number of hydrogen-bond donors (Lipinski definition) is 0. The molecule has 0 unspecified atom stereocenters. The van der Waals surface area contributed by atoms with Crippen LogP contribution in [0.1, 0.15) is 37.5 Å². The Labute approximate surface area is 147 Å². The third-order valence-corrected chi connectivity index (χ3v) is 4.88. The zero-order valence-electron chi connectivity index (χ0n) is 14.1. The SMILES string of the molecule is CC(C)(C)c1ccc2c(c1)CN(CCc1ccc(Br)cc1)CO2. The summed E-state index contributed by atoms with van der Waals surface area (Å²) in [5.41, 5.74) is 4.21. The molecule has 122 valence electrons. The fourth-order valence-electron chi connectivity index (χ4n) is 2.84. The van der Waals surface area contributed by atoms with Crippen molar-refractivity contribution >= 4 is 15.9 Å². The Hall–Kier alpha value is -1.32. The smallest absolute Gasteiger partial charge is 0.142 e. The molecule has 2 nitrogen and oxygen atoms in total. The van der Waals surface area contributed by atoms with Crippen LogP contribution in [0.2, 0.25) is 0 Å². The molecule has 0 bridgehead atoms. The molecule has 0 spiro atoms. The quantitative estimate of drug-likeness (QED) is 0.738. The molecule has 0 atom stereocenters. The summed E-state index contributed by atoms with van der Waals surface area (Å²) in [4.78, 5) is 2.37. The molecule has 1 heterocycles. The normalized spacial score (nSPS) is 15.1. The lowest BCUT2D eigenvalue weighted by atomic mass is 9.86. The van der Waals surface area contributed by atoms with Crippen molar-refractivity contribution in [3.63, 3.8) is 0 Å². The highest BCUT2D eigenvalue weighted by Gasteiger charge is 2.20. The number of ether oxygens (including phenoxy) is 1. The number of benzene rings is 2. The van der Waals surface area contributed by atoms with Gasteiger partial charge in [0, 0.05) is 23.1 Å². The molecule has 0 N–H and O–H groups in total. The Kier molecular flexibility index (Phi) is 4.79. The first kappa shape index (κ1) is 16.5. The zero-order chi connectivity index (χ0) is 16.4. The van der Waals surface area contributed by atoms with Crippen molar-refractivity contribution in [2.45, 2.75) is 39.2 Å². The fourth-order valence-corrected chi connectivity index (χ4v) is 3.10. The molecule has 0 radical (unpaired) electrons. The molecule has 0 amide bonds. The summed E-state index contributed by atoms with van der Waals surface area (Å²) < 4.78 is 7.06. The molecule has 2 aromatic carbocycles. The minimum absolute atomic E-state index is 0.175. The first-order valence-electron chi connectivity index (χ1n) is 8.15. The molecule has 1 aliphatic heterocycles. The van der Waals surface area contributed by atoms with E-state index in [9.17, 15) is 0 Å². The largest absolute Gasteiger partial charge is 0.478 e.